The number of carbonyl (C=O) groups is 2. The van der Waals surface area contributed by atoms with Crippen molar-refractivity contribution < 1.29 is 27.5 Å². The zero-order valence-corrected chi connectivity index (χ0v) is 18.9. The predicted octanol–water partition coefficient (Wildman–Crippen LogP) is 3.97. The molecule has 0 spiro atoms. The summed E-state index contributed by atoms with van der Waals surface area (Å²) in [6, 6.07) is 8.04. The normalized spacial score (nSPS) is 15.4. The summed E-state index contributed by atoms with van der Waals surface area (Å²) in [6.07, 6.45) is -5.20. The zero-order valence-electron chi connectivity index (χ0n) is 18.9. The van der Waals surface area contributed by atoms with Gasteiger partial charge >= 0.3 is 12.3 Å². The van der Waals surface area contributed by atoms with Crippen molar-refractivity contribution in [3.63, 3.8) is 0 Å². The Labute approximate surface area is 190 Å². The summed E-state index contributed by atoms with van der Waals surface area (Å²) in [5.41, 5.74) is -0.895. The molecule has 10 heteroatoms. The van der Waals surface area contributed by atoms with Crippen LogP contribution in [0.15, 0.2) is 36.4 Å². The Kier molecular flexibility index (Phi) is 7.36. The van der Waals surface area contributed by atoms with E-state index in [4.69, 9.17) is 4.74 Å². The largest absolute Gasteiger partial charge is 0.444 e. The molecule has 1 aliphatic heterocycles. The van der Waals surface area contributed by atoms with E-state index in [1.54, 1.807) is 17.0 Å². The summed E-state index contributed by atoms with van der Waals surface area (Å²) in [6.45, 7) is 8.36. The first kappa shape index (κ1) is 24.6. The molecule has 1 saturated heterocycles. The van der Waals surface area contributed by atoms with Crippen LogP contribution in [-0.2, 0) is 23.9 Å². The number of benzene rings is 1. The van der Waals surface area contributed by atoms with Crippen LogP contribution in [0.4, 0.5) is 18.0 Å². The van der Waals surface area contributed by atoms with Crippen LogP contribution in [0, 0.1) is 0 Å². The molecule has 1 amide bonds. The lowest BCUT2D eigenvalue weighted by Crippen LogP contribution is -2.49. The second-order valence-electron chi connectivity index (χ2n) is 8.90. The molecule has 1 aliphatic rings. The lowest BCUT2D eigenvalue weighted by atomic mass is 10.00. The van der Waals surface area contributed by atoms with Gasteiger partial charge in [0.15, 0.2) is 5.78 Å². The van der Waals surface area contributed by atoms with E-state index in [0.717, 1.165) is 6.07 Å². The number of piperazine rings is 1. The van der Waals surface area contributed by atoms with Gasteiger partial charge in [-0.3, -0.25) is 9.69 Å². The van der Waals surface area contributed by atoms with Crippen LogP contribution >= 0.6 is 0 Å². The number of hydrogen-bond acceptors (Lipinski definition) is 6. The molecule has 0 aliphatic carbocycles. The van der Waals surface area contributed by atoms with Gasteiger partial charge < -0.3 is 9.64 Å². The number of rotatable bonds is 5. The fourth-order valence-corrected chi connectivity index (χ4v) is 3.44. The van der Waals surface area contributed by atoms with Gasteiger partial charge in [0.2, 0.25) is 0 Å². The van der Waals surface area contributed by atoms with Gasteiger partial charge in [0.05, 0.1) is 23.4 Å². The quantitative estimate of drug-likeness (QED) is 0.624. The summed E-state index contributed by atoms with van der Waals surface area (Å²) < 4.78 is 44.8. The molecule has 0 bridgehead atoms. The van der Waals surface area contributed by atoms with E-state index in [2.05, 4.69) is 15.1 Å². The first-order valence-corrected chi connectivity index (χ1v) is 10.6. The average Bonchev–Trinajstić information content (AvgIpc) is 2.74. The molecular formula is C23H27F3N4O3. The second-order valence-corrected chi connectivity index (χ2v) is 8.90. The summed E-state index contributed by atoms with van der Waals surface area (Å²) in [4.78, 5) is 28.4. The first-order valence-electron chi connectivity index (χ1n) is 10.6. The lowest BCUT2D eigenvalue weighted by molar-refractivity contribution is -0.137. The van der Waals surface area contributed by atoms with E-state index in [1.807, 2.05) is 20.8 Å². The minimum atomic E-state index is -4.60. The number of Topliss-reactive ketones (excluding diaryl/α,β-unsaturated/α-hetero) is 1. The number of ether oxygens (including phenoxy) is 1. The fourth-order valence-electron chi connectivity index (χ4n) is 3.44. The Morgan fingerprint density at radius 3 is 2.12 bits per heavy atom. The van der Waals surface area contributed by atoms with Crippen LogP contribution < -0.4 is 0 Å². The van der Waals surface area contributed by atoms with E-state index in [1.165, 1.54) is 18.2 Å². The highest BCUT2D eigenvalue weighted by atomic mass is 19.4. The van der Waals surface area contributed by atoms with Crippen molar-refractivity contribution in [2.75, 3.05) is 26.2 Å². The number of hydrogen-bond donors (Lipinski definition) is 0. The molecule has 1 fully saturated rings. The Morgan fingerprint density at radius 2 is 1.55 bits per heavy atom. The Bertz CT molecular complexity index is 980. The van der Waals surface area contributed by atoms with Crippen molar-refractivity contribution in [1.29, 1.82) is 0 Å². The highest BCUT2D eigenvalue weighted by molar-refractivity contribution is 5.98. The number of aromatic nitrogens is 2. The molecule has 3 rings (SSSR count). The summed E-state index contributed by atoms with van der Waals surface area (Å²) in [5.74, 6) is -0.664. The smallest absolute Gasteiger partial charge is 0.417 e. The molecule has 7 nitrogen and oxygen atoms in total. The van der Waals surface area contributed by atoms with Gasteiger partial charge in [0.1, 0.15) is 5.60 Å². The van der Waals surface area contributed by atoms with Gasteiger partial charge in [-0.05, 0) is 39.0 Å². The van der Waals surface area contributed by atoms with E-state index in [-0.39, 0.29) is 18.1 Å². The van der Waals surface area contributed by atoms with Crippen LogP contribution in [0.5, 0.6) is 0 Å². The molecular weight excluding hydrogens is 437 g/mol. The third kappa shape index (κ3) is 6.98. The second kappa shape index (κ2) is 9.86. The Morgan fingerprint density at radius 1 is 0.939 bits per heavy atom. The van der Waals surface area contributed by atoms with Crippen molar-refractivity contribution in [2.45, 2.75) is 45.5 Å². The van der Waals surface area contributed by atoms with Gasteiger partial charge in [-0.25, -0.2) is 4.79 Å². The molecule has 0 atom stereocenters. The lowest BCUT2D eigenvalue weighted by Gasteiger charge is -2.35. The van der Waals surface area contributed by atoms with Crippen LogP contribution in [0.2, 0.25) is 0 Å². The topological polar surface area (TPSA) is 75.6 Å². The van der Waals surface area contributed by atoms with Crippen LogP contribution in [0.1, 0.15) is 48.1 Å². The van der Waals surface area contributed by atoms with Gasteiger partial charge in [-0.15, -0.1) is 0 Å². The van der Waals surface area contributed by atoms with E-state index in [9.17, 15) is 22.8 Å². The minimum absolute atomic E-state index is 0.269. The Balaban J connectivity index is 1.54. The third-order valence-electron chi connectivity index (χ3n) is 5.06. The van der Waals surface area contributed by atoms with Gasteiger partial charge in [0.25, 0.3) is 0 Å². The van der Waals surface area contributed by atoms with Crippen molar-refractivity contribution >= 4 is 11.9 Å². The van der Waals surface area contributed by atoms with E-state index < -0.39 is 23.1 Å². The van der Waals surface area contributed by atoms with E-state index >= 15 is 0 Å². The Hall–Kier alpha value is -3.01. The maximum absolute atomic E-state index is 13.2. The SMILES string of the molecule is CC(C)(C)OC(=O)N1CCN(Cc2ccc(CC(=O)c3ccccc3C(F)(F)F)nn2)CC1. The van der Waals surface area contributed by atoms with Gasteiger partial charge in [-0.1, -0.05) is 18.2 Å². The highest BCUT2D eigenvalue weighted by Crippen LogP contribution is 2.32. The maximum Gasteiger partial charge on any atom is 0.417 e. The van der Waals surface area contributed by atoms with Gasteiger partial charge in [0, 0.05) is 38.3 Å². The molecule has 1 aromatic carbocycles. The molecule has 2 aromatic rings. The number of halogens is 3. The van der Waals surface area contributed by atoms with Crippen LogP contribution in [-0.4, -0.2) is 63.7 Å². The minimum Gasteiger partial charge on any atom is -0.444 e. The van der Waals surface area contributed by atoms with Crippen LogP contribution in [0.25, 0.3) is 0 Å². The molecule has 0 N–H and O–H groups in total. The molecule has 0 saturated carbocycles. The number of alkyl halides is 3. The van der Waals surface area contributed by atoms with Crippen molar-refractivity contribution in [3.05, 3.63) is 58.9 Å². The maximum atomic E-state index is 13.2. The van der Waals surface area contributed by atoms with E-state index in [0.29, 0.717) is 44.1 Å². The molecule has 2 heterocycles. The first-order chi connectivity index (χ1) is 15.4. The molecule has 0 unspecified atom stereocenters. The number of nitrogens with zero attached hydrogens (tertiary/aromatic N) is 4. The number of ketones is 1. The molecule has 1 aromatic heterocycles. The predicted molar refractivity (Wildman–Crippen MR) is 115 cm³/mol. The zero-order chi connectivity index (χ0) is 24.2. The average molecular weight is 464 g/mol. The third-order valence-corrected chi connectivity index (χ3v) is 5.06. The summed E-state index contributed by atoms with van der Waals surface area (Å²) >= 11 is 0. The summed E-state index contributed by atoms with van der Waals surface area (Å²) in [5, 5.41) is 8.14. The monoisotopic (exact) mass is 464 g/mol. The van der Waals surface area contributed by atoms with Gasteiger partial charge in [-0.2, -0.15) is 23.4 Å². The molecule has 178 valence electrons. The molecule has 33 heavy (non-hydrogen) atoms. The fraction of sp³-hybridized carbons (Fsp3) is 0.478. The number of amides is 1. The van der Waals surface area contributed by atoms with Crippen molar-refractivity contribution in [2.24, 2.45) is 0 Å². The molecule has 0 radical (unpaired) electrons. The van der Waals surface area contributed by atoms with Crippen molar-refractivity contribution in [3.8, 4) is 0 Å². The summed E-state index contributed by atoms with van der Waals surface area (Å²) in [7, 11) is 0. The highest BCUT2D eigenvalue weighted by Gasteiger charge is 2.34. The van der Waals surface area contributed by atoms with Crippen LogP contribution in [0.3, 0.4) is 0 Å². The number of carbonyl (C=O) groups excluding carboxylic acids is 2. The van der Waals surface area contributed by atoms with Crippen molar-refractivity contribution in [1.82, 2.24) is 20.0 Å². The standard InChI is InChI=1S/C23H27F3N4O3/c1-22(2,3)33-21(32)30-12-10-29(11-13-30)15-17-9-8-16(27-28-17)14-20(31)18-6-4-5-7-19(18)23(24,25)26/h4-9H,10-15H2,1-3H3.